The third-order valence-electron chi connectivity index (χ3n) is 2.00. The van der Waals surface area contributed by atoms with Crippen molar-refractivity contribution in [3.63, 3.8) is 0 Å². The molecule has 1 amide bonds. The highest BCUT2D eigenvalue weighted by atomic mass is 16.5. The standard InChI is InChI=1S/C7H13NO2.H3N/c8-7(9)10-5-4-6-2-1-3-6;/h6H,1-5H2,(H2,8,9);1H3. The lowest BCUT2D eigenvalue weighted by molar-refractivity contribution is 0.138. The summed E-state index contributed by atoms with van der Waals surface area (Å²) in [6.45, 7) is 0.500. The van der Waals surface area contributed by atoms with Crippen molar-refractivity contribution in [3.05, 3.63) is 0 Å². The van der Waals surface area contributed by atoms with E-state index in [4.69, 9.17) is 5.73 Å². The zero-order valence-corrected chi connectivity index (χ0v) is 6.71. The van der Waals surface area contributed by atoms with Gasteiger partial charge in [0.1, 0.15) is 0 Å². The number of hydrogen-bond acceptors (Lipinski definition) is 3. The largest absolute Gasteiger partial charge is 0.450 e. The maximum Gasteiger partial charge on any atom is 0.404 e. The maximum absolute atomic E-state index is 10.1. The average molecular weight is 160 g/mol. The van der Waals surface area contributed by atoms with Gasteiger partial charge in [0, 0.05) is 0 Å². The molecule has 0 saturated heterocycles. The molecule has 5 N–H and O–H groups in total. The lowest BCUT2D eigenvalue weighted by atomic mass is 9.83. The minimum absolute atomic E-state index is 0. The van der Waals surface area contributed by atoms with Crippen molar-refractivity contribution in [1.29, 1.82) is 0 Å². The molecule has 0 aromatic rings. The van der Waals surface area contributed by atoms with Gasteiger partial charge in [-0.15, -0.1) is 0 Å². The van der Waals surface area contributed by atoms with Crippen LogP contribution in [0.1, 0.15) is 25.7 Å². The molecule has 1 fully saturated rings. The molecule has 0 unspecified atom stereocenters. The summed E-state index contributed by atoms with van der Waals surface area (Å²) < 4.78 is 4.59. The van der Waals surface area contributed by atoms with Crippen LogP contribution in [0.4, 0.5) is 4.79 Å². The normalized spacial score (nSPS) is 16.4. The molecular weight excluding hydrogens is 144 g/mol. The number of ether oxygens (including phenoxy) is 1. The minimum atomic E-state index is -0.653. The second-order valence-electron chi connectivity index (χ2n) is 2.75. The van der Waals surface area contributed by atoms with Crippen molar-refractivity contribution < 1.29 is 9.53 Å². The summed E-state index contributed by atoms with van der Waals surface area (Å²) in [4.78, 5) is 10.1. The van der Waals surface area contributed by atoms with E-state index in [1.54, 1.807) is 0 Å². The summed E-state index contributed by atoms with van der Waals surface area (Å²) in [5, 5.41) is 0. The van der Waals surface area contributed by atoms with Gasteiger partial charge in [0.15, 0.2) is 0 Å². The van der Waals surface area contributed by atoms with Crippen LogP contribution in [0, 0.1) is 5.92 Å². The fourth-order valence-corrected chi connectivity index (χ4v) is 1.11. The smallest absolute Gasteiger partial charge is 0.404 e. The first-order chi connectivity index (χ1) is 4.79. The van der Waals surface area contributed by atoms with Crippen LogP contribution in [0.15, 0.2) is 0 Å². The Bertz CT molecular complexity index is 124. The molecule has 0 aromatic heterocycles. The molecule has 0 atom stereocenters. The van der Waals surface area contributed by atoms with Crippen molar-refractivity contribution in [1.82, 2.24) is 6.15 Å². The highest BCUT2D eigenvalue weighted by Crippen LogP contribution is 2.28. The topological polar surface area (TPSA) is 87.3 Å². The Kier molecular flexibility index (Phi) is 4.61. The van der Waals surface area contributed by atoms with E-state index in [1.807, 2.05) is 0 Å². The Balaban J connectivity index is 0.000001000. The minimum Gasteiger partial charge on any atom is -0.450 e. The highest BCUT2D eigenvalue weighted by molar-refractivity contribution is 5.64. The van der Waals surface area contributed by atoms with E-state index in [1.165, 1.54) is 19.3 Å². The monoisotopic (exact) mass is 160 g/mol. The Hall–Kier alpha value is -0.770. The van der Waals surface area contributed by atoms with Gasteiger partial charge in [-0.05, 0) is 12.3 Å². The third kappa shape index (κ3) is 3.83. The third-order valence-corrected chi connectivity index (χ3v) is 2.00. The number of rotatable bonds is 3. The number of nitrogens with two attached hydrogens (primary N) is 1. The molecule has 1 saturated carbocycles. The van der Waals surface area contributed by atoms with Crippen molar-refractivity contribution >= 4 is 6.09 Å². The summed E-state index contributed by atoms with van der Waals surface area (Å²) in [5.74, 6) is 0.791. The molecule has 1 aliphatic rings. The Labute approximate surface area is 66.7 Å². The average Bonchev–Trinajstić information content (AvgIpc) is 1.75. The maximum atomic E-state index is 10.1. The summed E-state index contributed by atoms with van der Waals surface area (Å²) >= 11 is 0. The molecule has 0 bridgehead atoms. The lowest BCUT2D eigenvalue weighted by Gasteiger charge is -2.24. The van der Waals surface area contributed by atoms with Gasteiger partial charge in [0.2, 0.25) is 0 Å². The van der Waals surface area contributed by atoms with E-state index in [2.05, 4.69) is 4.74 Å². The van der Waals surface area contributed by atoms with Crippen LogP contribution in [0.3, 0.4) is 0 Å². The number of carbonyl (C=O) groups excluding carboxylic acids is 1. The van der Waals surface area contributed by atoms with Crippen LogP contribution in [-0.4, -0.2) is 12.7 Å². The zero-order chi connectivity index (χ0) is 7.40. The second kappa shape index (κ2) is 4.96. The van der Waals surface area contributed by atoms with Crippen LogP contribution >= 0.6 is 0 Å². The Morgan fingerprint density at radius 2 is 2.18 bits per heavy atom. The molecule has 0 aliphatic heterocycles. The van der Waals surface area contributed by atoms with Crippen molar-refractivity contribution in [3.8, 4) is 0 Å². The van der Waals surface area contributed by atoms with Crippen LogP contribution in [0.25, 0.3) is 0 Å². The second-order valence-corrected chi connectivity index (χ2v) is 2.75. The van der Waals surface area contributed by atoms with E-state index in [-0.39, 0.29) is 6.15 Å². The molecule has 1 aliphatic carbocycles. The highest BCUT2D eigenvalue weighted by Gasteiger charge is 2.16. The first-order valence-electron chi connectivity index (χ1n) is 3.71. The number of hydrogen-bond donors (Lipinski definition) is 2. The molecule has 66 valence electrons. The Morgan fingerprint density at radius 3 is 2.55 bits per heavy atom. The quantitative estimate of drug-likeness (QED) is 0.654. The molecule has 0 spiro atoms. The van der Waals surface area contributed by atoms with E-state index in [0.29, 0.717) is 6.61 Å². The predicted octanol–water partition coefficient (Wildman–Crippen LogP) is 1.43. The molecule has 0 radical (unpaired) electrons. The summed E-state index contributed by atoms with van der Waals surface area (Å²) in [6, 6.07) is 0. The SMILES string of the molecule is N.NC(=O)OCCC1CCC1. The number of carbonyl (C=O) groups is 1. The van der Waals surface area contributed by atoms with Gasteiger partial charge in [0.25, 0.3) is 0 Å². The fraction of sp³-hybridized carbons (Fsp3) is 0.857. The predicted molar refractivity (Wildman–Crippen MR) is 42.5 cm³/mol. The van der Waals surface area contributed by atoms with Gasteiger partial charge in [-0.3, -0.25) is 0 Å². The van der Waals surface area contributed by atoms with Crippen molar-refractivity contribution in [2.24, 2.45) is 11.7 Å². The zero-order valence-electron chi connectivity index (χ0n) is 6.71. The van der Waals surface area contributed by atoms with Crippen molar-refractivity contribution in [2.45, 2.75) is 25.7 Å². The summed E-state index contributed by atoms with van der Waals surface area (Å²) in [5.41, 5.74) is 4.78. The first kappa shape index (κ1) is 10.2. The van der Waals surface area contributed by atoms with Gasteiger partial charge in [0.05, 0.1) is 6.61 Å². The van der Waals surface area contributed by atoms with E-state index in [0.717, 1.165) is 12.3 Å². The summed E-state index contributed by atoms with van der Waals surface area (Å²) in [7, 11) is 0. The summed E-state index contributed by atoms with van der Waals surface area (Å²) in [6.07, 6.45) is 4.26. The van der Waals surface area contributed by atoms with Gasteiger partial charge in [-0.1, -0.05) is 19.3 Å². The molecule has 0 heterocycles. The fourth-order valence-electron chi connectivity index (χ4n) is 1.11. The van der Waals surface area contributed by atoms with E-state index in [9.17, 15) is 4.79 Å². The molecule has 1 rings (SSSR count). The number of amides is 1. The lowest BCUT2D eigenvalue weighted by Crippen LogP contribution is -2.18. The van der Waals surface area contributed by atoms with Gasteiger partial charge in [-0.2, -0.15) is 0 Å². The van der Waals surface area contributed by atoms with E-state index >= 15 is 0 Å². The number of primary amides is 1. The molecule has 4 heteroatoms. The van der Waals surface area contributed by atoms with Gasteiger partial charge in [-0.25, -0.2) is 4.79 Å². The van der Waals surface area contributed by atoms with E-state index < -0.39 is 6.09 Å². The Morgan fingerprint density at radius 1 is 1.55 bits per heavy atom. The molecular formula is C7H16N2O2. The van der Waals surface area contributed by atoms with Crippen LogP contribution in [0.5, 0.6) is 0 Å². The molecule has 4 nitrogen and oxygen atoms in total. The van der Waals surface area contributed by atoms with Gasteiger partial charge >= 0.3 is 6.09 Å². The van der Waals surface area contributed by atoms with Crippen LogP contribution in [0.2, 0.25) is 0 Å². The van der Waals surface area contributed by atoms with Crippen molar-refractivity contribution in [2.75, 3.05) is 6.61 Å². The first-order valence-corrected chi connectivity index (χ1v) is 3.71. The van der Waals surface area contributed by atoms with Crippen LogP contribution < -0.4 is 11.9 Å². The van der Waals surface area contributed by atoms with Gasteiger partial charge < -0.3 is 16.6 Å². The van der Waals surface area contributed by atoms with Crippen LogP contribution in [-0.2, 0) is 4.74 Å². The molecule has 11 heavy (non-hydrogen) atoms. The molecule has 0 aromatic carbocycles.